The Bertz CT molecular complexity index is 1500. The first-order valence-corrected chi connectivity index (χ1v) is 11.9. The molecule has 1 aliphatic rings. The number of fused-ring (bicyclic) bond motifs is 1. The largest absolute Gasteiger partial charge is 0.465 e. The fourth-order valence-electron chi connectivity index (χ4n) is 3.99. The zero-order chi connectivity index (χ0) is 24.4. The van der Waals surface area contributed by atoms with Crippen molar-refractivity contribution in [2.75, 3.05) is 7.11 Å². The highest BCUT2D eigenvalue weighted by molar-refractivity contribution is 8.18. The van der Waals surface area contributed by atoms with Gasteiger partial charge in [0.25, 0.3) is 5.91 Å². The minimum atomic E-state index is -0.359. The molecule has 1 aliphatic heterocycles. The number of amidine groups is 1. The molecule has 1 aromatic heterocycles. The number of esters is 1. The molecule has 0 spiro atoms. The summed E-state index contributed by atoms with van der Waals surface area (Å²) in [6.07, 6.45) is 3.94. The number of carbonyl (C=O) groups excluding carboxylic acids is 2. The molecule has 7 heteroatoms. The van der Waals surface area contributed by atoms with Gasteiger partial charge in [0.1, 0.15) is 0 Å². The van der Waals surface area contributed by atoms with E-state index < -0.39 is 0 Å². The summed E-state index contributed by atoms with van der Waals surface area (Å²) in [6.45, 7) is 2.60. The van der Waals surface area contributed by atoms with Gasteiger partial charge in [-0.3, -0.25) is 4.79 Å². The molecule has 0 saturated carbocycles. The van der Waals surface area contributed by atoms with Gasteiger partial charge in [-0.15, -0.1) is 0 Å². The Morgan fingerprint density at radius 1 is 1.09 bits per heavy atom. The molecular weight excluding hydrogens is 458 g/mol. The third-order valence-electron chi connectivity index (χ3n) is 5.72. The lowest BCUT2D eigenvalue weighted by molar-refractivity contribution is -0.115. The summed E-state index contributed by atoms with van der Waals surface area (Å²) in [5.74, 6) is -0.523. The third-order valence-corrected chi connectivity index (χ3v) is 6.63. The summed E-state index contributed by atoms with van der Waals surface area (Å²) in [7, 11) is 1.38. The number of thioether (sulfide) groups is 1. The fourth-order valence-corrected chi connectivity index (χ4v) is 4.82. The lowest BCUT2D eigenvalue weighted by atomic mass is 10.1. The quantitative estimate of drug-likeness (QED) is 0.294. The second-order valence-electron chi connectivity index (χ2n) is 8.24. The van der Waals surface area contributed by atoms with Gasteiger partial charge in [-0.2, -0.15) is 0 Å². The predicted octanol–water partition coefficient (Wildman–Crippen LogP) is 5.68. The number of hydrogen-bond acceptors (Lipinski definition) is 5. The molecule has 35 heavy (non-hydrogen) atoms. The van der Waals surface area contributed by atoms with Crippen molar-refractivity contribution in [2.45, 2.75) is 13.5 Å². The lowest BCUT2D eigenvalue weighted by Gasteiger charge is -2.07. The number of para-hydroxylation sites is 1. The van der Waals surface area contributed by atoms with Crippen molar-refractivity contribution in [3.8, 4) is 0 Å². The van der Waals surface area contributed by atoms with Crippen molar-refractivity contribution in [1.82, 2.24) is 9.88 Å². The van der Waals surface area contributed by atoms with Gasteiger partial charge in [0.15, 0.2) is 5.17 Å². The van der Waals surface area contributed by atoms with E-state index in [1.165, 1.54) is 18.9 Å². The minimum absolute atomic E-state index is 0.163. The van der Waals surface area contributed by atoms with Crippen molar-refractivity contribution < 1.29 is 14.3 Å². The van der Waals surface area contributed by atoms with Crippen molar-refractivity contribution in [3.63, 3.8) is 0 Å². The normalized spacial score (nSPS) is 15.7. The average Bonchev–Trinajstić information content (AvgIpc) is 3.39. The Hall–Kier alpha value is -4.10. The maximum absolute atomic E-state index is 12.7. The van der Waals surface area contributed by atoms with Crippen LogP contribution in [0.2, 0.25) is 0 Å². The van der Waals surface area contributed by atoms with Crippen molar-refractivity contribution in [1.29, 1.82) is 0 Å². The summed E-state index contributed by atoms with van der Waals surface area (Å²) in [4.78, 5) is 29.7. The van der Waals surface area contributed by atoms with Gasteiger partial charge in [0.05, 0.1) is 23.3 Å². The van der Waals surface area contributed by atoms with E-state index in [0.29, 0.717) is 22.2 Å². The fraction of sp³-hybridized carbons (Fsp3) is 0.107. The molecule has 174 valence electrons. The molecule has 0 aliphatic carbocycles. The van der Waals surface area contributed by atoms with Gasteiger partial charge < -0.3 is 14.6 Å². The highest BCUT2D eigenvalue weighted by atomic mass is 32.2. The molecule has 6 nitrogen and oxygen atoms in total. The summed E-state index contributed by atoms with van der Waals surface area (Å²) < 4.78 is 6.97. The molecule has 5 rings (SSSR count). The number of rotatable bonds is 5. The molecule has 0 atom stereocenters. The average molecular weight is 482 g/mol. The third kappa shape index (κ3) is 4.90. The van der Waals surface area contributed by atoms with Crippen LogP contribution < -0.4 is 5.32 Å². The number of amides is 1. The standard InChI is InChI=1S/C28H23N3O3S/c1-18-10-12-22(13-11-18)29-28-30-26(32)25(35-28)15-21-17-31(24-9-4-3-8-23(21)24)16-19-6-5-7-20(14-19)27(33)34-2/h3-15,17H,16H2,1-2H3,(H,29,30,32)/b25-15-. The SMILES string of the molecule is COC(=O)c1cccc(Cn2cc(/C=C3\SC(=Nc4ccc(C)cc4)NC3=O)c3ccccc32)c1. The topological polar surface area (TPSA) is 72.7 Å². The van der Waals surface area contributed by atoms with E-state index in [1.54, 1.807) is 6.07 Å². The van der Waals surface area contributed by atoms with E-state index in [0.717, 1.165) is 33.3 Å². The number of methoxy groups -OCH3 is 1. The van der Waals surface area contributed by atoms with Gasteiger partial charge in [0, 0.05) is 29.2 Å². The molecule has 0 unspecified atom stereocenters. The van der Waals surface area contributed by atoms with Crippen LogP contribution in [0, 0.1) is 6.92 Å². The van der Waals surface area contributed by atoms with E-state index in [9.17, 15) is 9.59 Å². The summed E-state index contributed by atoms with van der Waals surface area (Å²) in [5.41, 5.74) is 5.44. The molecule has 1 saturated heterocycles. The van der Waals surface area contributed by atoms with Crippen LogP contribution in [-0.4, -0.2) is 28.7 Å². The van der Waals surface area contributed by atoms with E-state index in [-0.39, 0.29) is 11.9 Å². The van der Waals surface area contributed by atoms with Gasteiger partial charge in [0.2, 0.25) is 0 Å². The molecule has 1 N–H and O–H groups in total. The number of hydrogen-bond donors (Lipinski definition) is 1. The molecule has 3 aromatic carbocycles. The van der Waals surface area contributed by atoms with Crippen molar-refractivity contribution in [2.24, 2.45) is 4.99 Å². The highest BCUT2D eigenvalue weighted by Crippen LogP contribution is 2.31. The van der Waals surface area contributed by atoms with Crippen LogP contribution in [0.25, 0.3) is 17.0 Å². The first-order valence-electron chi connectivity index (χ1n) is 11.1. The number of aliphatic imine (C=N–C) groups is 1. The predicted molar refractivity (Wildman–Crippen MR) is 141 cm³/mol. The Morgan fingerprint density at radius 3 is 2.69 bits per heavy atom. The molecule has 4 aromatic rings. The zero-order valence-electron chi connectivity index (χ0n) is 19.3. The molecule has 0 bridgehead atoms. The second kappa shape index (κ2) is 9.64. The van der Waals surface area contributed by atoms with Crippen LogP contribution in [0.4, 0.5) is 5.69 Å². The van der Waals surface area contributed by atoms with Crippen molar-refractivity contribution >= 4 is 51.5 Å². The maximum Gasteiger partial charge on any atom is 0.337 e. The summed E-state index contributed by atoms with van der Waals surface area (Å²) in [6, 6.07) is 23.3. The number of benzene rings is 3. The van der Waals surface area contributed by atoms with Gasteiger partial charge in [-0.1, -0.05) is 48.0 Å². The van der Waals surface area contributed by atoms with Crippen molar-refractivity contribution in [3.05, 3.63) is 106 Å². The number of aryl methyl sites for hydroxylation is 1. The van der Waals surface area contributed by atoms with Gasteiger partial charge >= 0.3 is 5.97 Å². The number of nitrogens with zero attached hydrogens (tertiary/aromatic N) is 2. The first-order chi connectivity index (χ1) is 17.0. The number of carbonyl (C=O) groups is 2. The van der Waals surface area contributed by atoms with Gasteiger partial charge in [-0.25, -0.2) is 9.79 Å². The molecular formula is C28H23N3O3S. The van der Waals surface area contributed by atoms with Crippen LogP contribution in [0.1, 0.15) is 27.0 Å². The molecule has 0 radical (unpaired) electrons. The summed E-state index contributed by atoms with van der Waals surface area (Å²) >= 11 is 1.33. The van der Waals surface area contributed by atoms with E-state index in [4.69, 9.17) is 4.74 Å². The lowest BCUT2D eigenvalue weighted by Crippen LogP contribution is -2.19. The molecule has 1 fully saturated rings. The maximum atomic E-state index is 12.7. The smallest absolute Gasteiger partial charge is 0.337 e. The minimum Gasteiger partial charge on any atom is -0.465 e. The Labute approximate surface area is 207 Å². The van der Waals surface area contributed by atoms with Crippen LogP contribution in [0.15, 0.2) is 88.9 Å². The number of ether oxygens (including phenoxy) is 1. The Balaban J connectivity index is 1.45. The van der Waals surface area contributed by atoms with Crippen LogP contribution in [0.3, 0.4) is 0 Å². The molecule has 1 amide bonds. The van der Waals surface area contributed by atoms with E-state index in [1.807, 2.05) is 85.9 Å². The first kappa shape index (κ1) is 22.7. The highest BCUT2D eigenvalue weighted by Gasteiger charge is 2.24. The second-order valence-corrected chi connectivity index (χ2v) is 9.27. The van der Waals surface area contributed by atoms with Gasteiger partial charge in [-0.05, 0) is 60.7 Å². The van der Waals surface area contributed by atoms with Crippen LogP contribution in [0.5, 0.6) is 0 Å². The summed E-state index contributed by atoms with van der Waals surface area (Å²) in [5, 5.41) is 4.47. The van der Waals surface area contributed by atoms with E-state index in [2.05, 4.69) is 14.9 Å². The van der Waals surface area contributed by atoms with Crippen LogP contribution in [-0.2, 0) is 16.1 Å². The monoisotopic (exact) mass is 481 g/mol. The number of nitrogens with one attached hydrogen (secondary N) is 1. The molecule has 2 heterocycles. The Kier molecular flexibility index (Phi) is 6.25. The van der Waals surface area contributed by atoms with E-state index >= 15 is 0 Å². The Morgan fingerprint density at radius 2 is 1.89 bits per heavy atom. The van der Waals surface area contributed by atoms with Crippen LogP contribution >= 0.6 is 11.8 Å². The zero-order valence-corrected chi connectivity index (χ0v) is 20.1. The number of aromatic nitrogens is 1.